The number of rotatable bonds is 13. The standard InChI is InChI=1S/C16H30O4/c1-2-3-4-8-11-14(17)15(18)12-9-6-5-7-10-13-16(19)20/h10,13-15,17-18H,2-9,11-12H2,1H3,(H,19,20). The maximum absolute atomic E-state index is 10.2. The SMILES string of the molecule is CCCCCCC(O)C(O)CCCCCC=CC(=O)O. The van der Waals surface area contributed by atoms with Crippen molar-refractivity contribution in [2.24, 2.45) is 0 Å². The van der Waals surface area contributed by atoms with E-state index in [0.717, 1.165) is 44.6 Å². The molecule has 0 bridgehead atoms. The number of carbonyl (C=O) groups is 1. The Balaban J connectivity index is 3.47. The van der Waals surface area contributed by atoms with E-state index in [0.29, 0.717) is 12.8 Å². The van der Waals surface area contributed by atoms with E-state index in [2.05, 4.69) is 6.92 Å². The number of aliphatic carboxylic acids is 1. The lowest BCUT2D eigenvalue weighted by molar-refractivity contribution is -0.131. The lowest BCUT2D eigenvalue weighted by atomic mass is 10.0. The fraction of sp³-hybridized carbons (Fsp3) is 0.812. The first kappa shape index (κ1) is 19.1. The van der Waals surface area contributed by atoms with Crippen LogP contribution in [0.5, 0.6) is 0 Å². The van der Waals surface area contributed by atoms with Crippen molar-refractivity contribution in [3.63, 3.8) is 0 Å². The number of carboxylic acid groups (broad SMARTS) is 1. The average molecular weight is 286 g/mol. The van der Waals surface area contributed by atoms with E-state index in [1.807, 2.05) is 0 Å². The van der Waals surface area contributed by atoms with E-state index in [4.69, 9.17) is 5.11 Å². The highest BCUT2D eigenvalue weighted by Gasteiger charge is 2.14. The van der Waals surface area contributed by atoms with Gasteiger partial charge in [0, 0.05) is 6.08 Å². The average Bonchev–Trinajstić information content (AvgIpc) is 2.41. The molecule has 0 radical (unpaired) electrons. The molecule has 4 nitrogen and oxygen atoms in total. The first-order chi connectivity index (χ1) is 9.57. The molecule has 2 unspecified atom stereocenters. The third-order valence-corrected chi connectivity index (χ3v) is 3.43. The molecule has 0 spiro atoms. The van der Waals surface area contributed by atoms with E-state index in [9.17, 15) is 15.0 Å². The summed E-state index contributed by atoms with van der Waals surface area (Å²) in [5, 5.41) is 28.0. The fourth-order valence-corrected chi connectivity index (χ4v) is 2.14. The van der Waals surface area contributed by atoms with Gasteiger partial charge in [0.15, 0.2) is 0 Å². The van der Waals surface area contributed by atoms with Gasteiger partial charge < -0.3 is 15.3 Å². The van der Waals surface area contributed by atoms with Crippen LogP contribution in [-0.4, -0.2) is 33.5 Å². The summed E-state index contributed by atoms with van der Waals surface area (Å²) in [5.41, 5.74) is 0. The molecule has 20 heavy (non-hydrogen) atoms. The van der Waals surface area contributed by atoms with Crippen LogP contribution in [0.15, 0.2) is 12.2 Å². The lowest BCUT2D eigenvalue weighted by Gasteiger charge is -2.17. The summed E-state index contributed by atoms with van der Waals surface area (Å²) in [6.07, 6.45) is 10.9. The Hall–Kier alpha value is -0.870. The number of hydrogen-bond acceptors (Lipinski definition) is 3. The quantitative estimate of drug-likeness (QED) is 0.359. The van der Waals surface area contributed by atoms with Gasteiger partial charge in [-0.15, -0.1) is 0 Å². The van der Waals surface area contributed by atoms with Gasteiger partial charge in [-0.2, -0.15) is 0 Å². The first-order valence-electron chi connectivity index (χ1n) is 7.83. The molecule has 0 fully saturated rings. The Bertz CT molecular complexity index is 263. The van der Waals surface area contributed by atoms with Crippen LogP contribution in [0.2, 0.25) is 0 Å². The van der Waals surface area contributed by atoms with Crippen molar-refractivity contribution in [1.29, 1.82) is 0 Å². The zero-order valence-electron chi connectivity index (χ0n) is 12.6. The highest BCUT2D eigenvalue weighted by atomic mass is 16.4. The van der Waals surface area contributed by atoms with Crippen molar-refractivity contribution < 1.29 is 20.1 Å². The molecule has 0 aromatic rings. The number of hydrogen-bond donors (Lipinski definition) is 3. The van der Waals surface area contributed by atoms with Gasteiger partial charge in [-0.3, -0.25) is 0 Å². The zero-order chi connectivity index (χ0) is 15.2. The third-order valence-electron chi connectivity index (χ3n) is 3.43. The molecule has 0 aliphatic carbocycles. The number of allylic oxidation sites excluding steroid dienone is 1. The fourth-order valence-electron chi connectivity index (χ4n) is 2.14. The van der Waals surface area contributed by atoms with Crippen LogP contribution >= 0.6 is 0 Å². The number of unbranched alkanes of at least 4 members (excludes halogenated alkanes) is 6. The van der Waals surface area contributed by atoms with E-state index in [1.165, 1.54) is 12.8 Å². The minimum atomic E-state index is -0.911. The van der Waals surface area contributed by atoms with Crippen LogP contribution in [-0.2, 0) is 4.79 Å². The second kappa shape index (κ2) is 13.1. The molecule has 118 valence electrons. The van der Waals surface area contributed by atoms with Crippen molar-refractivity contribution in [2.75, 3.05) is 0 Å². The van der Waals surface area contributed by atoms with Crippen molar-refractivity contribution in [1.82, 2.24) is 0 Å². The molecule has 0 rings (SSSR count). The maximum atomic E-state index is 10.2. The first-order valence-corrected chi connectivity index (χ1v) is 7.83. The number of aliphatic hydroxyl groups is 2. The van der Waals surface area contributed by atoms with Crippen LogP contribution in [0.4, 0.5) is 0 Å². The molecule has 0 amide bonds. The Kier molecular flexibility index (Phi) is 12.6. The zero-order valence-corrected chi connectivity index (χ0v) is 12.6. The van der Waals surface area contributed by atoms with Crippen molar-refractivity contribution >= 4 is 5.97 Å². The van der Waals surface area contributed by atoms with Gasteiger partial charge in [-0.1, -0.05) is 51.5 Å². The maximum Gasteiger partial charge on any atom is 0.327 e. The van der Waals surface area contributed by atoms with Crippen LogP contribution in [0, 0.1) is 0 Å². The van der Waals surface area contributed by atoms with E-state index < -0.39 is 18.2 Å². The van der Waals surface area contributed by atoms with E-state index in [-0.39, 0.29) is 0 Å². The topological polar surface area (TPSA) is 77.8 Å². The van der Waals surface area contributed by atoms with Crippen LogP contribution in [0.3, 0.4) is 0 Å². The Morgan fingerprint density at radius 3 is 2.00 bits per heavy atom. The number of aliphatic hydroxyl groups excluding tert-OH is 2. The van der Waals surface area contributed by atoms with Crippen LogP contribution in [0.1, 0.15) is 71.1 Å². The van der Waals surface area contributed by atoms with Crippen LogP contribution < -0.4 is 0 Å². The van der Waals surface area contributed by atoms with Crippen molar-refractivity contribution in [3.05, 3.63) is 12.2 Å². The molecule has 4 heteroatoms. The Morgan fingerprint density at radius 2 is 1.50 bits per heavy atom. The summed E-state index contributed by atoms with van der Waals surface area (Å²) in [5.74, 6) is -0.911. The predicted octanol–water partition coefficient (Wildman–Crippen LogP) is 3.27. The van der Waals surface area contributed by atoms with Gasteiger partial charge in [0.25, 0.3) is 0 Å². The number of carboxylic acids is 1. The van der Waals surface area contributed by atoms with Gasteiger partial charge in [-0.05, 0) is 25.7 Å². The summed E-state index contributed by atoms with van der Waals surface area (Å²) in [4.78, 5) is 10.2. The summed E-state index contributed by atoms with van der Waals surface area (Å²) in [6.45, 7) is 2.15. The van der Waals surface area contributed by atoms with Gasteiger partial charge >= 0.3 is 5.97 Å². The molecular weight excluding hydrogens is 256 g/mol. The molecule has 0 heterocycles. The monoisotopic (exact) mass is 286 g/mol. The summed E-state index contributed by atoms with van der Waals surface area (Å²) in [6, 6.07) is 0. The largest absolute Gasteiger partial charge is 0.478 e. The highest BCUT2D eigenvalue weighted by molar-refractivity contribution is 5.79. The summed E-state index contributed by atoms with van der Waals surface area (Å²) < 4.78 is 0. The third kappa shape index (κ3) is 12.2. The lowest BCUT2D eigenvalue weighted by Crippen LogP contribution is -2.25. The van der Waals surface area contributed by atoms with Crippen LogP contribution in [0.25, 0.3) is 0 Å². The summed E-state index contributed by atoms with van der Waals surface area (Å²) >= 11 is 0. The smallest absolute Gasteiger partial charge is 0.327 e. The molecule has 2 atom stereocenters. The van der Waals surface area contributed by atoms with E-state index in [1.54, 1.807) is 6.08 Å². The molecule has 3 N–H and O–H groups in total. The normalized spacial score (nSPS) is 14.6. The van der Waals surface area contributed by atoms with Crippen molar-refractivity contribution in [2.45, 2.75) is 83.3 Å². The van der Waals surface area contributed by atoms with Gasteiger partial charge in [0.05, 0.1) is 12.2 Å². The molecule has 0 aromatic carbocycles. The highest BCUT2D eigenvalue weighted by Crippen LogP contribution is 2.13. The minimum Gasteiger partial charge on any atom is -0.478 e. The second-order valence-electron chi connectivity index (χ2n) is 5.36. The van der Waals surface area contributed by atoms with Gasteiger partial charge in [0.2, 0.25) is 0 Å². The van der Waals surface area contributed by atoms with Crippen molar-refractivity contribution in [3.8, 4) is 0 Å². The van der Waals surface area contributed by atoms with E-state index >= 15 is 0 Å². The second-order valence-corrected chi connectivity index (χ2v) is 5.36. The minimum absolute atomic E-state index is 0.598. The van der Waals surface area contributed by atoms with Gasteiger partial charge in [0.1, 0.15) is 0 Å². The Morgan fingerprint density at radius 1 is 0.950 bits per heavy atom. The molecule has 0 aliphatic heterocycles. The molecular formula is C16H30O4. The summed E-state index contributed by atoms with van der Waals surface area (Å²) in [7, 11) is 0. The molecule has 0 aromatic heterocycles. The Labute approximate surface area is 122 Å². The molecule has 0 saturated carbocycles. The molecule has 0 aliphatic rings. The predicted molar refractivity (Wildman–Crippen MR) is 80.6 cm³/mol. The van der Waals surface area contributed by atoms with Gasteiger partial charge in [-0.25, -0.2) is 4.79 Å². The molecule has 0 saturated heterocycles.